The fourth-order valence-electron chi connectivity index (χ4n) is 3.00. The van der Waals surface area contributed by atoms with Gasteiger partial charge < -0.3 is 10.1 Å². The SMILES string of the molecule is COc1ccc([N+](=O)[O-])cc1NC(=O)c1sc2nc(-c3ccccc3)cn2c1C. The van der Waals surface area contributed by atoms with Crippen LogP contribution in [0.15, 0.2) is 54.7 Å². The van der Waals surface area contributed by atoms with Crippen molar-refractivity contribution in [2.75, 3.05) is 12.4 Å². The highest BCUT2D eigenvalue weighted by Gasteiger charge is 2.20. The van der Waals surface area contributed by atoms with E-state index in [0.29, 0.717) is 15.6 Å². The van der Waals surface area contributed by atoms with E-state index in [1.807, 2.05) is 47.9 Å². The smallest absolute Gasteiger partial charge is 0.271 e. The van der Waals surface area contributed by atoms with Crippen LogP contribution in [-0.2, 0) is 0 Å². The number of hydrogen-bond donors (Lipinski definition) is 1. The van der Waals surface area contributed by atoms with Gasteiger partial charge in [0.05, 0.1) is 23.4 Å². The molecule has 0 saturated heterocycles. The van der Waals surface area contributed by atoms with Crippen LogP contribution < -0.4 is 10.1 Å². The maximum absolute atomic E-state index is 12.8. The van der Waals surface area contributed by atoms with Crippen LogP contribution in [-0.4, -0.2) is 27.3 Å². The van der Waals surface area contributed by atoms with Gasteiger partial charge in [0.1, 0.15) is 10.6 Å². The van der Waals surface area contributed by atoms with Crippen LogP contribution >= 0.6 is 11.3 Å². The second-order valence-corrected chi connectivity index (χ2v) is 7.23. The number of aromatic nitrogens is 2. The monoisotopic (exact) mass is 408 g/mol. The number of carbonyl (C=O) groups excluding carboxylic acids is 1. The van der Waals surface area contributed by atoms with Crippen molar-refractivity contribution in [3.63, 3.8) is 0 Å². The minimum Gasteiger partial charge on any atom is -0.495 e. The van der Waals surface area contributed by atoms with Crippen molar-refractivity contribution in [1.29, 1.82) is 0 Å². The first-order valence-corrected chi connectivity index (χ1v) is 9.47. The molecule has 1 amide bonds. The zero-order valence-electron chi connectivity index (χ0n) is 15.6. The number of amides is 1. The number of methoxy groups -OCH3 is 1. The van der Waals surface area contributed by atoms with Gasteiger partial charge in [-0.2, -0.15) is 0 Å². The van der Waals surface area contributed by atoms with Crippen molar-refractivity contribution in [3.05, 3.63) is 75.4 Å². The fourth-order valence-corrected chi connectivity index (χ4v) is 4.00. The molecule has 2 heterocycles. The lowest BCUT2D eigenvalue weighted by Crippen LogP contribution is -2.13. The van der Waals surface area contributed by atoms with Crippen molar-refractivity contribution >= 4 is 33.6 Å². The van der Waals surface area contributed by atoms with Gasteiger partial charge in [0, 0.05) is 29.6 Å². The van der Waals surface area contributed by atoms with Crippen molar-refractivity contribution in [3.8, 4) is 17.0 Å². The summed E-state index contributed by atoms with van der Waals surface area (Å²) in [6.07, 6.45) is 1.89. The summed E-state index contributed by atoms with van der Waals surface area (Å²) in [5.41, 5.74) is 2.66. The van der Waals surface area contributed by atoms with Gasteiger partial charge in [-0.05, 0) is 13.0 Å². The standard InChI is InChI=1S/C20H16N4O4S/c1-12-18(19(25)21-15-10-14(24(26)27)8-9-17(15)28-2)29-20-22-16(11-23(12)20)13-6-4-3-5-7-13/h3-11H,1-2H3,(H,21,25). The lowest BCUT2D eigenvalue weighted by atomic mass is 10.2. The number of benzene rings is 2. The molecule has 1 N–H and O–H groups in total. The highest BCUT2D eigenvalue weighted by molar-refractivity contribution is 7.19. The fraction of sp³-hybridized carbons (Fsp3) is 0.100. The summed E-state index contributed by atoms with van der Waals surface area (Å²) in [6.45, 7) is 1.83. The maximum atomic E-state index is 12.8. The Kier molecular flexibility index (Phi) is 4.73. The van der Waals surface area contributed by atoms with E-state index in [2.05, 4.69) is 10.3 Å². The second kappa shape index (κ2) is 7.36. The van der Waals surface area contributed by atoms with Crippen molar-refractivity contribution in [1.82, 2.24) is 9.38 Å². The molecule has 0 bridgehead atoms. The van der Waals surface area contributed by atoms with Gasteiger partial charge >= 0.3 is 0 Å². The number of nitro benzene ring substituents is 1. The number of non-ortho nitro benzene ring substituents is 1. The molecular formula is C20H16N4O4S. The number of thiazole rings is 1. The Labute approximate surface area is 169 Å². The molecule has 4 aromatic rings. The lowest BCUT2D eigenvalue weighted by Gasteiger charge is -2.09. The Hall–Kier alpha value is -3.72. The second-order valence-electron chi connectivity index (χ2n) is 6.26. The van der Waals surface area contributed by atoms with Crippen molar-refractivity contribution in [2.24, 2.45) is 0 Å². The topological polar surface area (TPSA) is 98.8 Å². The molecule has 4 rings (SSSR count). The van der Waals surface area contributed by atoms with E-state index in [1.165, 1.54) is 36.6 Å². The Balaban J connectivity index is 1.66. The maximum Gasteiger partial charge on any atom is 0.271 e. The number of aryl methyl sites for hydroxylation is 1. The van der Waals surface area contributed by atoms with Gasteiger partial charge in [0.15, 0.2) is 4.96 Å². The molecule has 29 heavy (non-hydrogen) atoms. The number of nitrogens with one attached hydrogen (secondary N) is 1. The third-order valence-corrected chi connectivity index (χ3v) is 5.63. The van der Waals surface area contributed by atoms with E-state index < -0.39 is 4.92 Å². The molecule has 0 aliphatic rings. The zero-order valence-corrected chi connectivity index (χ0v) is 16.4. The summed E-state index contributed by atoms with van der Waals surface area (Å²) in [5.74, 6) is -0.0349. The molecule has 8 nitrogen and oxygen atoms in total. The minimum atomic E-state index is -0.523. The van der Waals surface area contributed by atoms with E-state index in [0.717, 1.165) is 17.0 Å². The number of nitrogens with zero attached hydrogens (tertiary/aromatic N) is 3. The average Bonchev–Trinajstić information content (AvgIpc) is 3.28. The van der Waals surface area contributed by atoms with Gasteiger partial charge in [-0.1, -0.05) is 41.7 Å². The molecular weight excluding hydrogens is 392 g/mol. The van der Waals surface area contributed by atoms with Crippen LogP contribution in [0.3, 0.4) is 0 Å². The Morgan fingerprint density at radius 2 is 2.00 bits per heavy atom. The lowest BCUT2D eigenvalue weighted by molar-refractivity contribution is -0.384. The molecule has 9 heteroatoms. The first kappa shape index (κ1) is 18.6. The normalized spacial score (nSPS) is 10.8. The Morgan fingerprint density at radius 1 is 1.24 bits per heavy atom. The summed E-state index contributed by atoms with van der Waals surface area (Å²) >= 11 is 1.26. The Morgan fingerprint density at radius 3 is 2.66 bits per heavy atom. The van der Waals surface area contributed by atoms with Gasteiger partial charge in [-0.25, -0.2) is 4.98 Å². The largest absolute Gasteiger partial charge is 0.495 e. The number of carbonyl (C=O) groups is 1. The zero-order chi connectivity index (χ0) is 20.5. The third kappa shape index (κ3) is 3.43. The van der Waals surface area contributed by atoms with Crippen LogP contribution in [0.4, 0.5) is 11.4 Å². The first-order chi connectivity index (χ1) is 14.0. The number of imidazole rings is 1. The number of fused-ring (bicyclic) bond motifs is 1. The molecule has 0 aliphatic carbocycles. The third-order valence-electron chi connectivity index (χ3n) is 4.47. The molecule has 0 atom stereocenters. The molecule has 2 aromatic carbocycles. The molecule has 0 fully saturated rings. The number of ether oxygens (including phenoxy) is 1. The minimum absolute atomic E-state index is 0.133. The van der Waals surface area contributed by atoms with Gasteiger partial charge in [-0.3, -0.25) is 19.3 Å². The molecule has 0 unspecified atom stereocenters. The van der Waals surface area contributed by atoms with Crippen molar-refractivity contribution in [2.45, 2.75) is 6.92 Å². The Bertz CT molecular complexity index is 1230. The highest BCUT2D eigenvalue weighted by atomic mass is 32.1. The molecule has 0 spiro atoms. The molecule has 0 aliphatic heterocycles. The summed E-state index contributed by atoms with van der Waals surface area (Å²) < 4.78 is 7.07. The van der Waals surface area contributed by atoms with E-state index in [-0.39, 0.29) is 17.3 Å². The van der Waals surface area contributed by atoms with E-state index >= 15 is 0 Å². The van der Waals surface area contributed by atoms with Crippen LogP contribution in [0.25, 0.3) is 16.2 Å². The quantitative estimate of drug-likeness (QED) is 0.386. The average molecular weight is 408 g/mol. The van der Waals surface area contributed by atoms with E-state index in [1.54, 1.807) is 0 Å². The molecule has 0 saturated carbocycles. The number of anilines is 1. The van der Waals surface area contributed by atoms with Crippen LogP contribution in [0.5, 0.6) is 5.75 Å². The molecule has 2 aromatic heterocycles. The predicted molar refractivity (Wildman–Crippen MR) is 111 cm³/mol. The summed E-state index contributed by atoms with van der Waals surface area (Å²) in [5, 5.41) is 13.7. The first-order valence-electron chi connectivity index (χ1n) is 8.65. The van der Waals surface area contributed by atoms with Crippen LogP contribution in [0, 0.1) is 17.0 Å². The molecule has 0 radical (unpaired) electrons. The van der Waals surface area contributed by atoms with Gasteiger partial charge in [0.2, 0.25) is 0 Å². The van der Waals surface area contributed by atoms with E-state index in [4.69, 9.17) is 4.74 Å². The number of hydrogen-bond acceptors (Lipinski definition) is 6. The van der Waals surface area contributed by atoms with Crippen LogP contribution in [0.1, 0.15) is 15.4 Å². The predicted octanol–water partition coefficient (Wildman–Crippen LogP) is 4.54. The van der Waals surface area contributed by atoms with Crippen LogP contribution in [0.2, 0.25) is 0 Å². The number of rotatable bonds is 5. The summed E-state index contributed by atoms with van der Waals surface area (Å²) in [7, 11) is 1.44. The van der Waals surface area contributed by atoms with E-state index in [9.17, 15) is 14.9 Å². The molecule has 146 valence electrons. The number of nitro groups is 1. The van der Waals surface area contributed by atoms with Gasteiger partial charge in [0.25, 0.3) is 11.6 Å². The van der Waals surface area contributed by atoms with Gasteiger partial charge in [-0.15, -0.1) is 0 Å². The summed E-state index contributed by atoms with van der Waals surface area (Å²) in [6, 6.07) is 13.8. The summed E-state index contributed by atoms with van der Waals surface area (Å²) in [4.78, 5) is 29.1. The highest BCUT2D eigenvalue weighted by Crippen LogP contribution is 2.31. The van der Waals surface area contributed by atoms with Crippen molar-refractivity contribution < 1.29 is 14.5 Å².